The molecule has 1 aliphatic rings. The van der Waals surface area contributed by atoms with Crippen molar-refractivity contribution in [2.45, 2.75) is 25.8 Å². The first kappa shape index (κ1) is 13.2. The lowest BCUT2D eigenvalue weighted by Gasteiger charge is -2.38. The smallest absolute Gasteiger partial charge is 0.0703 e. The predicted octanol–water partition coefficient (Wildman–Crippen LogP) is 3.30. The average molecular weight is 267 g/mol. The van der Waals surface area contributed by atoms with Crippen molar-refractivity contribution in [3.63, 3.8) is 0 Å². The van der Waals surface area contributed by atoms with Crippen molar-refractivity contribution in [3.05, 3.63) is 36.0 Å². The maximum absolute atomic E-state index is 9.35. The number of aromatic nitrogens is 1. The lowest BCUT2D eigenvalue weighted by Crippen LogP contribution is -2.39. The Bertz CT molecular complexity index is 658. The number of hydrogen-bond acceptors (Lipinski definition) is 2. The van der Waals surface area contributed by atoms with E-state index in [1.54, 1.807) is 0 Å². The Hall–Kier alpha value is -1.79. The minimum atomic E-state index is -0.0840. The van der Waals surface area contributed by atoms with E-state index in [1.807, 2.05) is 0 Å². The van der Waals surface area contributed by atoms with E-state index in [0.29, 0.717) is 0 Å². The van der Waals surface area contributed by atoms with Gasteiger partial charge in [0.15, 0.2) is 0 Å². The largest absolute Gasteiger partial charge is 0.350 e. The van der Waals surface area contributed by atoms with Gasteiger partial charge in [0.05, 0.1) is 11.5 Å². The molecular weight excluding hydrogens is 246 g/mol. The fourth-order valence-corrected chi connectivity index (χ4v) is 3.32. The molecule has 1 fully saturated rings. The topological polar surface area (TPSA) is 32.0 Å². The maximum atomic E-state index is 9.35. The predicted molar refractivity (Wildman–Crippen MR) is 81.2 cm³/mol. The molecular formula is C17H21N3. The van der Waals surface area contributed by atoms with Gasteiger partial charge in [0.2, 0.25) is 0 Å². The molecule has 3 nitrogen and oxygen atoms in total. The van der Waals surface area contributed by atoms with Crippen LogP contribution in [0.2, 0.25) is 0 Å². The van der Waals surface area contributed by atoms with Gasteiger partial charge in [-0.15, -0.1) is 0 Å². The number of nitrogens with zero attached hydrogens (tertiary/aromatic N) is 3. The monoisotopic (exact) mass is 267 g/mol. The second-order valence-electron chi connectivity index (χ2n) is 6.20. The standard InChI is InChI=1S/C17H21N3/c1-19(13-17(12-18)8-5-9-17)10-14-11-20(2)16-7-4-3-6-15(14)16/h3-4,6-7,11H,5,8-10,13H2,1-2H3. The van der Waals surface area contributed by atoms with Crippen LogP contribution >= 0.6 is 0 Å². The highest BCUT2D eigenvalue weighted by Crippen LogP contribution is 2.40. The fourth-order valence-electron chi connectivity index (χ4n) is 3.32. The van der Waals surface area contributed by atoms with E-state index in [9.17, 15) is 5.26 Å². The summed E-state index contributed by atoms with van der Waals surface area (Å²) in [7, 11) is 4.22. The summed E-state index contributed by atoms with van der Waals surface area (Å²) in [6.07, 6.45) is 5.53. The van der Waals surface area contributed by atoms with Crippen LogP contribution in [0.1, 0.15) is 24.8 Å². The van der Waals surface area contributed by atoms with Crippen LogP contribution in [0.3, 0.4) is 0 Å². The van der Waals surface area contributed by atoms with Crippen molar-refractivity contribution in [3.8, 4) is 6.07 Å². The first-order valence-electron chi connectivity index (χ1n) is 7.26. The number of aryl methyl sites for hydroxylation is 1. The molecule has 3 rings (SSSR count). The van der Waals surface area contributed by atoms with Crippen molar-refractivity contribution < 1.29 is 0 Å². The van der Waals surface area contributed by atoms with Gasteiger partial charge in [-0.2, -0.15) is 5.26 Å². The third-order valence-electron chi connectivity index (χ3n) is 4.54. The second kappa shape index (κ2) is 4.96. The SMILES string of the molecule is CN(Cc1cn(C)c2ccccc12)CC1(C#N)CCC1. The molecule has 1 aliphatic carbocycles. The molecule has 1 heterocycles. The van der Waals surface area contributed by atoms with Gasteiger partial charge in [-0.05, 0) is 31.5 Å². The number of nitriles is 1. The van der Waals surface area contributed by atoms with E-state index in [1.165, 1.54) is 22.9 Å². The van der Waals surface area contributed by atoms with Crippen molar-refractivity contribution in [2.24, 2.45) is 12.5 Å². The summed E-state index contributed by atoms with van der Waals surface area (Å²) in [6.45, 7) is 1.79. The van der Waals surface area contributed by atoms with Crippen molar-refractivity contribution in [1.82, 2.24) is 9.47 Å². The number of hydrogen-bond donors (Lipinski definition) is 0. The molecule has 0 radical (unpaired) electrons. The van der Waals surface area contributed by atoms with Crippen LogP contribution in [0.15, 0.2) is 30.5 Å². The summed E-state index contributed by atoms with van der Waals surface area (Å²) in [4.78, 5) is 2.30. The van der Waals surface area contributed by atoms with Crippen LogP contribution in [-0.4, -0.2) is 23.1 Å². The Morgan fingerprint density at radius 1 is 1.35 bits per heavy atom. The van der Waals surface area contributed by atoms with Crippen LogP contribution in [0.5, 0.6) is 0 Å². The van der Waals surface area contributed by atoms with E-state index in [2.05, 4.69) is 60.1 Å². The maximum Gasteiger partial charge on any atom is 0.0703 e. The van der Waals surface area contributed by atoms with Crippen LogP contribution in [0.25, 0.3) is 10.9 Å². The third-order valence-corrected chi connectivity index (χ3v) is 4.54. The molecule has 2 aromatic rings. The summed E-state index contributed by atoms with van der Waals surface area (Å²) in [6, 6.07) is 11.0. The van der Waals surface area contributed by atoms with Crippen molar-refractivity contribution in [1.29, 1.82) is 5.26 Å². The summed E-state index contributed by atoms with van der Waals surface area (Å²) < 4.78 is 2.18. The van der Waals surface area contributed by atoms with Gasteiger partial charge in [0.1, 0.15) is 0 Å². The van der Waals surface area contributed by atoms with Crippen LogP contribution < -0.4 is 0 Å². The van der Waals surface area contributed by atoms with E-state index in [4.69, 9.17) is 0 Å². The number of para-hydroxylation sites is 1. The molecule has 0 spiro atoms. The van der Waals surface area contributed by atoms with Gasteiger partial charge < -0.3 is 9.47 Å². The first-order chi connectivity index (χ1) is 9.63. The second-order valence-corrected chi connectivity index (χ2v) is 6.20. The van der Waals surface area contributed by atoms with Crippen molar-refractivity contribution in [2.75, 3.05) is 13.6 Å². The van der Waals surface area contributed by atoms with E-state index in [-0.39, 0.29) is 5.41 Å². The molecule has 1 aromatic heterocycles. The molecule has 0 unspecified atom stereocenters. The van der Waals surface area contributed by atoms with Crippen molar-refractivity contribution >= 4 is 10.9 Å². The van der Waals surface area contributed by atoms with Gasteiger partial charge in [0.25, 0.3) is 0 Å². The van der Waals surface area contributed by atoms with Gasteiger partial charge >= 0.3 is 0 Å². The highest BCUT2D eigenvalue weighted by molar-refractivity contribution is 5.83. The normalized spacial score (nSPS) is 17.1. The lowest BCUT2D eigenvalue weighted by atomic mass is 9.69. The Morgan fingerprint density at radius 2 is 2.10 bits per heavy atom. The zero-order valence-electron chi connectivity index (χ0n) is 12.3. The summed E-state index contributed by atoms with van der Waals surface area (Å²) in [5.41, 5.74) is 2.53. The first-order valence-corrected chi connectivity index (χ1v) is 7.26. The van der Waals surface area contributed by atoms with Gasteiger partial charge in [-0.1, -0.05) is 24.6 Å². The van der Waals surface area contributed by atoms with E-state index < -0.39 is 0 Å². The Balaban J connectivity index is 1.78. The van der Waals surface area contributed by atoms with Crippen LogP contribution in [0.4, 0.5) is 0 Å². The third kappa shape index (κ3) is 2.21. The molecule has 104 valence electrons. The van der Waals surface area contributed by atoms with Gasteiger partial charge in [0, 0.05) is 37.2 Å². The fraction of sp³-hybridized carbons (Fsp3) is 0.471. The molecule has 0 bridgehead atoms. The minimum Gasteiger partial charge on any atom is -0.350 e. The highest BCUT2D eigenvalue weighted by Gasteiger charge is 2.38. The lowest BCUT2D eigenvalue weighted by molar-refractivity contribution is 0.134. The minimum absolute atomic E-state index is 0.0840. The average Bonchev–Trinajstić information content (AvgIpc) is 2.71. The molecule has 0 aliphatic heterocycles. The van der Waals surface area contributed by atoms with Gasteiger partial charge in [-0.3, -0.25) is 0 Å². The summed E-state index contributed by atoms with van der Waals surface area (Å²) in [5.74, 6) is 0. The molecule has 1 saturated carbocycles. The summed E-state index contributed by atoms with van der Waals surface area (Å²) >= 11 is 0. The number of fused-ring (bicyclic) bond motifs is 1. The Morgan fingerprint density at radius 3 is 2.75 bits per heavy atom. The molecule has 0 amide bonds. The Kier molecular flexibility index (Phi) is 3.27. The molecule has 0 saturated heterocycles. The summed E-state index contributed by atoms with van der Waals surface area (Å²) in [5, 5.41) is 10.7. The molecule has 0 N–H and O–H groups in total. The van der Waals surface area contributed by atoms with Gasteiger partial charge in [-0.25, -0.2) is 0 Å². The van der Waals surface area contributed by atoms with E-state index >= 15 is 0 Å². The zero-order chi connectivity index (χ0) is 14.2. The molecule has 3 heteroatoms. The molecule has 1 aromatic carbocycles. The highest BCUT2D eigenvalue weighted by atomic mass is 15.1. The van der Waals surface area contributed by atoms with E-state index in [0.717, 1.165) is 25.9 Å². The molecule has 0 atom stereocenters. The van der Waals surface area contributed by atoms with Crippen LogP contribution in [0, 0.1) is 16.7 Å². The number of rotatable bonds is 4. The number of benzene rings is 1. The Labute approximate surface area is 120 Å². The molecule has 20 heavy (non-hydrogen) atoms. The zero-order valence-corrected chi connectivity index (χ0v) is 12.3. The van der Waals surface area contributed by atoms with Crippen LogP contribution in [-0.2, 0) is 13.6 Å². The quantitative estimate of drug-likeness (QED) is 0.851.